The third kappa shape index (κ3) is 1.11. The highest BCUT2D eigenvalue weighted by molar-refractivity contribution is 5.77. The smallest absolute Gasteiger partial charge is 0.0309 e. The highest BCUT2D eigenvalue weighted by Crippen LogP contribution is 2.40. The summed E-state index contributed by atoms with van der Waals surface area (Å²) in [5, 5.41) is 0. The minimum atomic E-state index is 0.368. The minimum Gasteiger partial charge on any atom is -0.327 e. The number of nitrogens with zero attached hydrogens (tertiary/aromatic N) is 1. The molecule has 1 aromatic rings. The molecule has 2 nitrogen and oxygen atoms in total. The minimum absolute atomic E-state index is 0.368. The molecule has 3 rings (SSSR count). The fourth-order valence-corrected chi connectivity index (χ4v) is 2.61. The molecule has 2 aliphatic carbocycles. The van der Waals surface area contributed by atoms with Crippen molar-refractivity contribution in [2.24, 2.45) is 5.73 Å². The molecule has 0 radical (unpaired) electrons. The number of rotatable bonds is 0. The number of nitrogens with two attached hydrogens (primary N) is 1. The predicted molar refractivity (Wildman–Crippen MR) is 56.7 cm³/mol. The largest absolute Gasteiger partial charge is 0.327 e. The van der Waals surface area contributed by atoms with Crippen molar-refractivity contribution in [3.8, 4) is 0 Å². The van der Waals surface area contributed by atoms with Gasteiger partial charge in [0.25, 0.3) is 0 Å². The van der Waals surface area contributed by atoms with Crippen LogP contribution < -0.4 is 5.73 Å². The van der Waals surface area contributed by atoms with Crippen LogP contribution >= 0.6 is 0 Å². The average Bonchev–Trinajstić information content (AvgIpc) is 2.56. The SMILES string of the molecule is NC1CCC2=C(C1)c1ccncc1C2. The van der Waals surface area contributed by atoms with Crippen LogP contribution in [0.15, 0.2) is 24.0 Å². The van der Waals surface area contributed by atoms with E-state index in [1.165, 1.54) is 23.1 Å². The van der Waals surface area contributed by atoms with Crippen molar-refractivity contribution < 1.29 is 0 Å². The summed E-state index contributed by atoms with van der Waals surface area (Å²) in [6.07, 6.45) is 8.40. The zero-order chi connectivity index (χ0) is 9.54. The highest BCUT2D eigenvalue weighted by atomic mass is 14.6. The van der Waals surface area contributed by atoms with Crippen molar-refractivity contribution in [3.05, 3.63) is 35.2 Å². The number of allylic oxidation sites excluding steroid dienone is 1. The van der Waals surface area contributed by atoms with Gasteiger partial charge in [0.15, 0.2) is 0 Å². The van der Waals surface area contributed by atoms with Gasteiger partial charge >= 0.3 is 0 Å². The van der Waals surface area contributed by atoms with E-state index in [9.17, 15) is 0 Å². The Morgan fingerprint density at radius 3 is 3.29 bits per heavy atom. The van der Waals surface area contributed by atoms with Gasteiger partial charge in [-0.15, -0.1) is 0 Å². The molecular weight excluding hydrogens is 172 g/mol. The van der Waals surface area contributed by atoms with Gasteiger partial charge in [0, 0.05) is 18.4 Å². The van der Waals surface area contributed by atoms with Gasteiger partial charge in [-0.3, -0.25) is 4.98 Å². The van der Waals surface area contributed by atoms with Crippen molar-refractivity contribution in [3.63, 3.8) is 0 Å². The predicted octanol–water partition coefficient (Wildman–Crippen LogP) is 1.90. The molecule has 0 aromatic carbocycles. The Bertz CT molecular complexity index is 407. The monoisotopic (exact) mass is 186 g/mol. The second-order valence-electron chi connectivity index (χ2n) is 4.29. The molecule has 0 saturated heterocycles. The summed E-state index contributed by atoms with van der Waals surface area (Å²) in [5.74, 6) is 0. The van der Waals surface area contributed by atoms with E-state index in [-0.39, 0.29) is 0 Å². The van der Waals surface area contributed by atoms with Crippen molar-refractivity contribution in [1.82, 2.24) is 4.98 Å². The van der Waals surface area contributed by atoms with Crippen molar-refractivity contribution in [2.45, 2.75) is 31.7 Å². The second-order valence-corrected chi connectivity index (χ2v) is 4.29. The Kier molecular flexibility index (Phi) is 1.71. The fourth-order valence-electron chi connectivity index (χ4n) is 2.61. The standard InChI is InChI=1S/C12H14N2/c13-10-2-1-8-5-9-7-14-4-3-11(9)12(8)6-10/h3-4,7,10H,1-2,5-6,13H2. The molecule has 0 fully saturated rings. The first-order chi connectivity index (χ1) is 6.84. The Labute approximate surface area is 83.8 Å². The van der Waals surface area contributed by atoms with Crippen LogP contribution in [0.25, 0.3) is 5.57 Å². The van der Waals surface area contributed by atoms with Crippen molar-refractivity contribution >= 4 is 5.57 Å². The van der Waals surface area contributed by atoms with Crippen LogP contribution in [0.5, 0.6) is 0 Å². The molecule has 2 N–H and O–H groups in total. The number of hydrogen-bond acceptors (Lipinski definition) is 2. The molecule has 1 heterocycles. The van der Waals surface area contributed by atoms with E-state index in [1.54, 1.807) is 5.57 Å². The third-order valence-electron chi connectivity index (χ3n) is 3.34. The zero-order valence-electron chi connectivity index (χ0n) is 8.16. The Morgan fingerprint density at radius 1 is 1.43 bits per heavy atom. The Hall–Kier alpha value is -1.15. The number of pyridine rings is 1. The third-order valence-corrected chi connectivity index (χ3v) is 3.34. The van der Waals surface area contributed by atoms with Crippen LogP contribution in [0.2, 0.25) is 0 Å². The summed E-state index contributed by atoms with van der Waals surface area (Å²) in [7, 11) is 0. The van der Waals surface area contributed by atoms with Gasteiger partial charge in [-0.25, -0.2) is 0 Å². The summed E-state index contributed by atoms with van der Waals surface area (Å²) in [5.41, 5.74) is 11.9. The van der Waals surface area contributed by atoms with Crippen LogP contribution in [0.3, 0.4) is 0 Å². The zero-order valence-corrected chi connectivity index (χ0v) is 8.16. The summed E-state index contributed by atoms with van der Waals surface area (Å²) in [6, 6.07) is 2.50. The van der Waals surface area contributed by atoms with E-state index in [0.717, 1.165) is 19.3 Å². The molecule has 2 heteroatoms. The van der Waals surface area contributed by atoms with Gasteiger partial charge in [0.05, 0.1) is 0 Å². The molecular formula is C12H14N2. The summed E-state index contributed by atoms with van der Waals surface area (Å²) in [4.78, 5) is 4.18. The van der Waals surface area contributed by atoms with Gasteiger partial charge < -0.3 is 5.73 Å². The van der Waals surface area contributed by atoms with Crippen LogP contribution in [-0.4, -0.2) is 11.0 Å². The van der Waals surface area contributed by atoms with Crippen molar-refractivity contribution in [1.29, 1.82) is 0 Å². The quantitative estimate of drug-likeness (QED) is 0.672. The first-order valence-electron chi connectivity index (χ1n) is 5.24. The molecule has 14 heavy (non-hydrogen) atoms. The molecule has 0 amide bonds. The lowest BCUT2D eigenvalue weighted by Gasteiger charge is -2.20. The lowest BCUT2D eigenvalue weighted by molar-refractivity contribution is 0.600. The van der Waals surface area contributed by atoms with Crippen LogP contribution in [0, 0.1) is 0 Å². The average molecular weight is 186 g/mol. The second kappa shape index (κ2) is 2.92. The number of fused-ring (bicyclic) bond motifs is 2. The maximum absolute atomic E-state index is 6.00. The molecule has 0 saturated carbocycles. The first-order valence-corrected chi connectivity index (χ1v) is 5.24. The van der Waals surface area contributed by atoms with E-state index in [2.05, 4.69) is 11.1 Å². The summed E-state index contributed by atoms with van der Waals surface area (Å²) >= 11 is 0. The van der Waals surface area contributed by atoms with E-state index in [0.29, 0.717) is 6.04 Å². The molecule has 72 valence electrons. The van der Waals surface area contributed by atoms with E-state index >= 15 is 0 Å². The number of hydrogen-bond donors (Lipinski definition) is 1. The molecule has 1 aromatic heterocycles. The summed E-state index contributed by atoms with van der Waals surface area (Å²) < 4.78 is 0. The molecule has 0 bridgehead atoms. The maximum atomic E-state index is 6.00. The molecule has 2 aliphatic rings. The first kappa shape index (κ1) is 8.18. The lowest BCUT2D eigenvalue weighted by atomic mass is 9.89. The fraction of sp³-hybridized carbons (Fsp3) is 0.417. The molecule has 0 aliphatic heterocycles. The van der Waals surface area contributed by atoms with Crippen LogP contribution in [-0.2, 0) is 6.42 Å². The van der Waals surface area contributed by atoms with Gasteiger partial charge in [-0.2, -0.15) is 0 Å². The van der Waals surface area contributed by atoms with Gasteiger partial charge in [-0.1, -0.05) is 5.57 Å². The highest BCUT2D eigenvalue weighted by Gasteiger charge is 2.26. The lowest BCUT2D eigenvalue weighted by Crippen LogP contribution is -2.23. The van der Waals surface area contributed by atoms with Crippen LogP contribution in [0.4, 0.5) is 0 Å². The molecule has 1 unspecified atom stereocenters. The maximum Gasteiger partial charge on any atom is 0.0309 e. The Morgan fingerprint density at radius 2 is 2.36 bits per heavy atom. The van der Waals surface area contributed by atoms with Crippen molar-refractivity contribution in [2.75, 3.05) is 0 Å². The molecule has 0 spiro atoms. The van der Waals surface area contributed by atoms with E-state index in [4.69, 9.17) is 5.73 Å². The van der Waals surface area contributed by atoms with Gasteiger partial charge in [0.1, 0.15) is 0 Å². The normalized spacial score (nSPS) is 24.8. The molecule has 1 atom stereocenters. The number of aromatic nitrogens is 1. The van der Waals surface area contributed by atoms with Gasteiger partial charge in [0.2, 0.25) is 0 Å². The Balaban J connectivity index is 2.07. The topological polar surface area (TPSA) is 38.9 Å². The van der Waals surface area contributed by atoms with E-state index < -0.39 is 0 Å². The van der Waals surface area contributed by atoms with Crippen LogP contribution in [0.1, 0.15) is 30.4 Å². The van der Waals surface area contributed by atoms with Gasteiger partial charge in [-0.05, 0) is 48.4 Å². The summed E-state index contributed by atoms with van der Waals surface area (Å²) in [6.45, 7) is 0. The van der Waals surface area contributed by atoms with E-state index in [1.807, 2.05) is 12.4 Å².